The second kappa shape index (κ2) is 13.8. The molecule has 34 heavy (non-hydrogen) atoms. The number of nitrogens with zero attached hydrogens (tertiary/aromatic N) is 1. The molecule has 2 rings (SSSR count). The number of carbonyl (C=O) groups excluding carboxylic acids is 1. The quantitative estimate of drug-likeness (QED) is 0.271. The van der Waals surface area contributed by atoms with Gasteiger partial charge in [0.2, 0.25) is 15.9 Å². The van der Waals surface area contributed by atoms with Crippen molar-refractivity contribution < 1.29 is 17.9 Å². The molecule has 0 bridgehead atoms. The Hall–Kier alpha value is -1.91. The van der Waals surface area contributed by atoms with Gasteiger partial charge in [-0.1, -0.05) is 37.0 Å². The van der Waals surface area contributed by atoms with Crippen LogP contribution in [0.1, 0.15) is 39.5 Å². The fourth-order valence-electron chi connectivity index (χ4n) is 3.07. The lowest BCUT2D eigenvalue weighted by Gasteiger charge is -2.21. The Morgan fingerprint density at radius 2 is 1.71 bits per heavy atom. The van der Waals surface area contributed by atoms with Crippen molar-refractivity contribution in [1.82, 2.24) is 9.62 Å². The summed E-state index contributed by atoms with van der Waals surface area (Å²) < 4.78 is 32.7. The smallest absolute Gasteiger partial charge is 0.243 e. The van der Waals surface area contributed by atoms with E-state index in [2.05, 4.69) is 10.6 Å². The van der Waals surface area contributed by atoms with Crippen molar-refractivity contribution in [2.75, 3.05) is 25.0 Å². The van der Waals surface area contributed by atoms with Crippen molar-refractivity contribution >= 4 is 62.2 Å². The fourth-order valence-corrected chi connectivity index (χ4v) is 5.39. The number of thiocarbonyl (C=S) groups is 1. The highest BCUT2D eigenvalue weighted by Gasteiger charge is 2.22. The second-order valence-electron chi connectivity index (χ2n) is 7.46. The molecule has 0 aliphatic rings. The van der Waals surface area contributed by atoms with E-state index in [4.69, 9.17) is 40.2 Å². The average molecular weight is 547 g/mol. The molecule has 0 saturated heterocycles. The number of halogens is 2. The van der Waals surface area contributed by atoms with Gasteiger partial charge >= 0.3 is 0 Å². The largest absolute Gasteiger partial charge is 0.492 e. The minimum atomic E-state index is -3.55. The highest BCUT2D eigenvalue weighted by atomic mass is 35.5. The van der Waals surface area contributed by atoms with E-state index in [1.165, 1.54) is 16.4 Å². The van der Waals surface area contributed by atoms with Gasteiger partial charge in [-0.2, -0.15) is 4.31 Å². The summed E-state index contributed by atoms with van der Waals surface area (Å²) in [6, 6.07) is 11.2. The van der Waals surface area contributed by atoms with Crippen LogP contribution in [0.5, 0.6) is 5.75 Å². The molecule has 0 aromatic heterocycles. The molecule has 7 nitrogen and oxygen atoms in total. The summed E-state index contributed by atoms with van der Waals surface area (Å²) in [4.78, 5) is 12.3. The van der Waals surface area contributed by atoms with Gasteiger partial charge in [0, 0.05) is 30.2 Å². The van der Waals surface area contributed by atoms with Gasteiger partial charge in [0.15, 0.2) is 5.11 Å². The molecule has 186 valence electrons. The van der Waals surface area contributed by atoms with E-state index in [9.17, 15) is 13.2 Å². The van der Waals surface area contributed by atoms with Gasteiger partial charge in [0.25, 0.3) is 0 Å². The van der Waals surface area contributed by atoms with Gasteiger partial charge in [-0.25, -0.2) is 8.42 Å². The molecule has 0 unspecified atom stereocenters. The Bertz CT molecular complexity index is 1070. The molecule has 0 atom stereocenters. The molecule has 0 heterocycles. The summed E-state index contributed by atoms with van der Waals surface area (Å²) in [5.74, 6) is 0.235. The van der Waals surface area contributed by atoms with Gasteiger partial charge in [0.1, 0.15) is 5.75 Å². The van der Waals surface area contributed by atoms with E-state index in [1.807, 2.05) is 13.8 Å². The van der Waals surface area contributed by atoms with E-state index >= 15 is 0 Å². The number of anilines is 1. The zero-order valence-electron chi connectivity index (χ0n) is 19.1. The summed E-state index contributed by atoms with van der Waals surface area (Å²) in [5.41, 5.74) is 0.572. The highest BCUT2D eigenvalue weighted by molar-refractivity contribution is 7.89. The van der Waals surface area contributed by atoms with Crippen LogP contribution in [-0.4, -0.2) is 43.4 Å². The van der Waals surface area contributed by atoms with Crippen LogP contribution < -0.4 is 15.4 Å². The number of hydrogen-bond donors (Lipinski definition) is 2. The Kier molecular flexibility index (Phi) is 11.5. The number of hydrogen-bond acceptors (Lipinski definition) is 5. The number of benzene rings is 2. The number of carbonyl (C=O) groups is 1. The Morgan fingerprint density at radius 3 is 2.29 bits per heavy atom. The molecular formula is C23H29Cl2N3O4S2. The van der Waals surface area contributed by atoms with E-state index in [1.54, 1.807) is 30.3 Å². The minimum absolute atomic E-state index is 0.126. The molecule has 0 aliphatic heterocycles. The summed E-state index contributed by atoms with van der Waals surface area (Å²) in [6.07, 6.45) is 2.16. The molecule has 11 heteroatoms. The van der Waals surface area contributed by atoms with Crippen LogP contribution in [0, 0.1) is 0 Å². The molecule has 0 fully saturated rings. The van der Waals surface area contributed by atoms with Gasteiger partial charge in [-0.15, -0.1) is 0 Å². The first-order valence-corrected chi connectivity index (χ1v) is 13.6. The number of rotatable bonds is 12. The molecule has 2 N–H and O–H groups in total. The Balaban J connectivity index is 1.81. The first kappa shape index (κ1) is 28.3. The number of amides is 1. The molecule has 2 aromatic carbocycles. The van der Waals surface area contributed by atoms with E-state index < -0.39 is 10.0 Å². The predicted molar refractivity (Wildman–Crippen MR) is 141 cm³/mol. The van der Waals surface area contributed by atoms with Crippen LogP contribution in [0.25, 0.3) is 0 Å². The molecule has 1 amide bonds. The summed E-state index contributed by atoms with van der Waals surface area (Å²) in [5, 5.41) is 6.54. The van der Waals surface area contributed by atoms with Crippen LogP contribution in [0.4, 0.5) is 5.69 Å². The molecule has 2 aromatic rings. The normalized spacial score (nSPS) is 11.3. The maximum Gasteiger partial charge on any atom is 0.243 e. The van der Waals surface area contributed by atoms with Crippen molar-refractivity contribution in [2.45, 2.75) is 44.4 Å². The third-order valence-corrected chi connectivity index (χ3v) is 7.30. The summed E-state index contributed by atoms with van der Waals surface area (Å²) in [7, 11) is -3.55. The second-order valence-corrected chi connectivity index (χ2v) is 10.6. The van der Waals surface area contributed by atoms with E-state index in [0.29, 0.717) is 47.6 Å². The monoisotopic (exact) mass is 545 g/mol. The molecule has 0 radical (unpaired) electrons. The Labute approximate surface area is 216 Å². The lowest BCUT2D eigenvalue weighted by molar-refractivity contribution is -0.119. The van der Waals surface area contributed by atoms with E-state index in [0.717, 1.165) is 12.8 Å². The molecular weight excluding hydrogens is 517 g/mol. The summed E-state index contributed by atoms with van der Waals surface area (Å²) in [6.45, 7) is 5.15. The van der Waals surface area contributed by atoms with Gasteiger partial charge < -0.3 is 15.4 Å². The maximum absolute atomic E-state index is 12.8. The molecule has 0 saturated carbocycles. The van der Waals surface area contributed by atoms with Crippen LogP contribution in [0.3, 0.4) is 0 Å². The SMILES string of the molecule is CCCN(CCC)S(=O)(=O)c1ccc(NC(=S)NC(=O)CCCOc2ccc(Cl)cc2Cl)cc1. The van der Waals surface area contributed by atoms with Gasteiger partial charge in [-0.3, -0.25) is 4.79 Å². The zero-order valence-corrected chi connectivity index (χ0v) is 22.3. The van der Waals surface area contributed by atoms with Crippen molar-refractivity contribution in [3.05, 3.63) is 52.5 Å². The van der Waals surface area contributed by atoms with Gasteiger partial charge in [-0.05, 0) is 73.9 Å². The van der Waals surface area contributed by atoms with Crippen LogP contribution >= 0.6 is 35.4 Å². The number of sulfonamides is 1. The van der Waals surface area contributed by atoms with Crippen molar-refractivity contribution in [2.24, 2.45) is 0 Å². The highest BCUT2D eigenvalue weighted by Crippen LogP contribution is 2.27. The van der Waals surface area contributed by atoms with Crippen molar-refractivity contribution in [3.63, 3.8) is 0 Å². The average Bonchev–Trinajstić information content (AvgIpc) is 2.78. The maximum atomic E-state index is 12.8. The molecule has 0 spiro atoms. The molecule has 0 aliphatic carbocycles. The lowest BCUT2D eigenvalue weighted by Crippen LogP contribution is -2.34. The summed E-state index contributed by atoms with van der Waals surface area (Å²) >= 11 is 17.1. The lowest BCUT2D eigenvalue weighted by atomic mass is 10.3. The van der Waals surface area contributed by atoms with Crippen molar-refractivity contribution in [1.29, 1.82) is 0 Å². The zero-order chi connectivity index (χ0) is 25.1. The number of nitrogens with one attached hydrogen (secondary N) is 2. The predicted octanol–water partition coefficient (Wildman–Crippen LogP) is 5.48. The van der Waals surface area contributed by atoms with E-state index in [-0.39, 0.29) is 22.3 Å². The first-order valence-electron chi connectivity index (χ1n) is 11.0. The van der Waals surface area contributed by atoms with Crippen LogP contribution in [-0.2, 0) is 14.8 Å². The van der Waals surface area contributed by atoms with Crippen LogP contribution in [0.2, 0.25) is 10.0 Å². The number of ether oxygens (including phenoxy) is 1. The fraction of sp³-hybridized carbons (Fsp3) is 0.391. The van der Waals surface area contributed by atoms with Crippen LogP contribution in [0.15, 0.2) is 47.4 Å². The minimum Gasteiger partial charge on any atom is -0.492 e. The first-order chi connectivity index (χ1) is 16.2. The Morgan fingerprint density at radius 1 is 1.06 bits per heavy atom. The third-order valence-electron chi connectivity index (χ3n) is 4.65. The third kappa shape index (κ3) is 8.70. The van der Waals surface area contributed by atoms with Gasteiger partial charge in [0.05, 0.1) is 16.5 Å². The van der Waals surface area contributed by atoms with Crippen molar-refractivity contribution in [3.8, 4) is 5.75 Å². The standard InChI is InChI=1S/C23H29Cl2N3O4S2/c1-3-13-28(14-4-2)34(30,31)19-10-8-18(9-11-19)26-23(33)27-22(29)6-5-15-32-21-12-7-17(24)16-20(21)25/h7-12,16H,3-6,13-15H2,1-2H3,(H2,26,27,29,33). The topological polar surface area (TPSA) is 87.7 Å².